The van der Waals surface area contributed by atoms with Crippen LogP contribution >= 0.6 is 22.6 Å². The predicted molar refractivity (Wildman–Crippen MR) is 76.8 cm³/mol. The number of carbonyl (C=O) groups is 1. The van der Waals surface area contributed by atoms with Gasteiger partial charge in [0, 0.05) is 22.2 Å². The molecule has 2 rings (SSSR count). The quantitative estimate of drug-likeness (QED) is 0.646. The molecule has 0 saturated carbocycles. The Kier molecular flexibility index (Phi) is 5.11. The van der Waals surface area contributed by atoms with Gasteiger partial charge < -0.3 is 9.84 Å². The molecule has 0 aliphatic carbocycles. The van der Waals surface area contributed by atoms with Gasteiger partial charge in [0.1, 0.15) is 0 Å². The van der Waals surface area contributed by atoms with Crippen LogP contribution in [-0.2, 0) is 4.74 Å². The third kappa shape index (κ3) is 3.74. The first kappa shape index (κ1) is 13.9. The van der Waals surface area contributed by atoms with Crippen molar-refractivity contribution in [2.75, 3.05) is 32.8 Å². The van der Waals surface area contributed by atoms with E-state index in [1.54, 1.807) is 0 Å². The van der Waals surface area contributed by atoms with Crippen LogP contribution in [0.1, 0.15) is 10.4 Å². The number of halogens is 1. The number of ketones is 1. The lowest BCUT2D eigenvalue weighted by molar-refractivity contribution is -0.0503. The van der Waals surface area contributed by atoms with E-state index in [-0.39, 0.29) is 18.5 Å². The van der Waals surface area contributed by atoms with E-state index in [2.05, 4.69) is 22.6 Å². The lowest BCUT2D eigenvalue weighted by Crippen LogP contribution is -2.45. The summed E-state index contributed by atoms with van der Waals surface area (Å²) in [5.41, 5.74) is 0.738. The zero-order chi connectivity index (χ0) is 13.0. The number of aliphatic hydroxyl groups is 1. The molecule has 0 amide bonds. The molecule has 1 atom stereocenters. The number of nitrogens with zero attached hydrogens (tertiary/aromatic N) is 1. The molecule has 1 aliphatic heterocycles. The number of hydrogen-bond acceptors (Lipinski definition) is 4. The molecule has 1 heterocycles. The maximum Gasteiger partial charge on any atom is 0.176 e. The summed E-state index contributed by atoms with van der Waals surface area (Å²) in [5.74, 6) is 0.116. The molecule has 1 N–H and O–H groups in total. The van der Waals surface area contributed by atoms with Gasteiger partial charge in [-0.2, -0.15) is 0 Å². The van der Waals surface area contributed by atoms with E-state index in [0.717, 1.165) is 15.7 Å². The SMILES string of the molecule is O=C(CN1CCOC(CO)C1)c1ccc(I)cc1. The molecule has 1 aliphatic rings. The third-order valence-corrected chi connectivity index (χ3v) is 3.68. The van der Waals surface area contributed by atoms with Crippen LogP contribution in [-0.4, -0.2) is 54.7 Å². The van der Waals surface area contributed by atoms with Gasteiger partial charge in [0.05, 0.1) is 25.9 Å². The Labute approximate surface area is 120 Å². The Bertz CT molecular complexity index is 407. The third-order valence-electron chi connectivity index (χ3n) is 2.96. The Morgan fingerprint density at radius 3 is 2.83 bits per heavy atom. The zero-order valence-corrected chi connectivity index (χ0v) is 12.2. The number of benzene rings is 1. The van der Waals surface area contributed by atoms with E-state index in [9.17, 15) is 4.79 Å². The van der Waals surface area contributed by atoms with Crippen LogP contribution in [0.5, 0.6) is 0 Å². The molecular weight excluding hydrogens is 345 g/mol. The van der Waals surface area contributed by atoms with Gasteiger partial charge >= 0.3 is 0 Å². The van der Waals surface area contributed by atoms with Gasteiger partial charge in [0.15, 0.2) is 5.78 Å². The van der Waals surface area contributed by atoms with E-state index in [1.807, 2.05) is 29.2 Å². The van der Waals surface area contributed by atoms with E-state index in [0.29, 0.717) is 19.7 Å². The smallest absolute Gasteiger partial charge is 0.176 e. The highest BCUT2D eigenvalue weighted by atomic mass is 127. The van der Waals surface area contributed by atoms with Gasteiger partial charge in [-0.3, -0.25) is 9.69 Å². The summed E-state index contributed by atoms with van der Waals surface area (Å²) in [6.45, 7) is 2.33. The second-order valence-electron chi connectivity index (χ2n) is 4.34. The van der Waals surface area contributed by atoms with Gasteiger partial charge in [-0.25, -0.2) is 0 Å². The summed E-state index contributed by atoms with van der Waals surface area (Å²) in [6.07, 6.45) is -0.164. The molecule has 4 nitrogen and oxygen atoms in total. The molecular formula is C13H16INO3. The number of carbonyl (C=O) groups excluding carboxylic acids is 1. The summed E-state index contributed by atoms with van der Waals surface area (Å²) < 4.78 is 6.48. The number of Topliss-reactive ketones (excluding diaryl/α,β-unsaturated/α-hetero) is 1. The molecule has 1 aromatic rings. The first-order valence-electron chi connectivity index (χ1n) is 5.92. The van der Waals surface area contributed by atoms with Crippen LogP contribution < -0.4 is 0 Å². The molecule has 18 heavy (non-hydrogen) atoms. The molecule has 1 unspecified atom stereocenters. The average Bonchev–Trinajstić information content (AvgIpc) is 2.39. The lowest BCUT2D eigenvalue weighted by Gasteiger charge is -2.31. The second-order valence-corrected chi connectivity index (χ2v) is 5.59. The fraction of sp³-hybridized carbons (Fsp3) is 0.462. The molecule has 1 fully saturated rings. The first-order chi connectivity index (χ1) is 8.69. The van der Waals surface area contributed by atoms with Crippen LogP contribution in [0.25, 0.3) is 0 Å². The highest BCUT2D eigenvalue weighted by Gasteiger charge is 2.21. The van der Waals surface area contributed by atoms with Crippen molar-refractivity contribution in [1.82, 2.24) is 4.90 Å². The normalized spacial score (nSPS) is 20.9. The van der Waals surface area contributed by atoms with E-state index >= 15 is 0 Å². The average molecular weight is 361 g/mol. The maximum absolute atomic E-state index is 12.1. The Morgan fingerprint density at radius 1 is 1.44 bits per heavy atom. The highest BCUT2D eigenvalue weighted by Crippen LogP contribution is 2.10. The number of ether oxygens (including phenoxy) is 1. The Hall–Kier alpha value is -0.500. The van der Waals surface area contributed by atoms with Crippen molar-refractivity contribution < 1.29 is 14.6 Å². The first-order valence-corrected chi connectivity index (χ1v) is 7.00. The minimum Gasteiger partial charge on any atom is -0.394 e. The fourth-order valence-electron chi connectivity index (χ4n) is 1.96. The molecule has 98 valence electrons. The lowest BCUT2D eigenvalue weighted by atomic mass is 10.1. The van der Waals surface area contributed by atoms with Gasteiger partial charge in [0.2, 0.25) is 0 Å². The number of aliphatic hydroxyl groups excluding tert-OH is 1. The molecule has 0 radical (unpaired) electrons. The van der Waals surface area contributed by atoms with E-state index in [1.165, 1.54) is 0 Å². The molecule has 5 heteroatoms. The van der Waals surface area contributed by atoms with Crippen LogP contribution in [0, 0.1) is 3.57 Å². The van der Waals surface area contributed by atoms with Gasteiger partial charge in [-0.1, -0.05) is 12.1 Å². The van der Waals surface area contributed by atoms with E-state index < -0.39 is 0 Å². The number of hydrogen-bond donors (Lipinski definition) is 1. The van der Waals surface area contributed by atoms with Gasteiger partial charge in [-0.05, 0) is 34.7 Å². The highest BCUT2D eigenvalue weighted by molar-refractivity contribution is 14.1. The van der Waals surface area contributed by atoms with Crippen molar-refractivity contribution >= 4 is 28.4 Å². The summed E-state index contributed by atoms with van der Waals surface area (Å²) in [4.78, 5) is 14.1. The summed E-state index contributed by atoms with van der Waals surface area (Å²) >= 11 is 2.22. The molecule has 0 bridgehead atoms. The number of rotatable bonds is 4. The van der Waals surface area contributed by atoms with Crippen LogP contribution in [0.15, 0.2) is 24.3 Å². The zero-order valence-electron chi connectivity index (χ0n) is 10.0. The van der Waals surface area contributed by atoms with Crippen molar-refractivity contribution in [3.8, 4) is 0 Å². The standard InChI is InChI=1S/C13H16INO3/c14-11-3-1-10(2-4-11)13(17)8-15-5-6-18-12(7-15)9-16/h1-4,12,16H,5-9H2. The van der Waals surface area contributed by atoms with Crippen LogP contribution in [0.4, 0.5) is 0 Å². The fourth-order valence-corrected chi connectivity index (χ4v) is 2.32. The van der Waals surface area contributed by atoms with Crippen molar-refractivity contribution in [1.29, 1.82) is 0 Å². The van der Waals surface area contributed by atoms with Crippen LogP contribution in [0.2, 0.25) is 0 Å². The molecule has 0 spiro atoms. The summed E-state index contributed by atoms with van der Waals surface area (Å²) in [6, 6.07) is 7.58. The number of morpholine rings is 1. The second kappa shape index (κ2) is 6.60. The van der Waals surface area contributed by atoms with Gasteiger partial charge in [0.25, 0.3) is 0 Å². The minimum atomic E-state index is -0.164. The predicted octanol–water partition coefficient (Wildman–Crippen LogP) is 1.17. The monoisotopic (exact) mass is 361 g/mol. The minimum absolute atomic E-state index is 0.00816. The van der Waals surface area contributed by atoms with E-state index in [4.69, 9.17) is 9.84 Å². The van der Waals surface area contributed by atoms with Crippen molar-refractivity contribution in [2.24, 2.45) is 0 Å². The topological polar surface area (TPSA) is 49.8 Å². The molecule has 1 aromatic carbocycles. The Balaban J connectivity index is 1.92. The maximum atomic E-state index is 12.1. The largest absolute Gasteiger partial charge is 0.394 e. The van der Waals surface area contributed by atoms with Crippen molar-refractivity contribution in [3.05, 3.63) is 33.4 Å². The summed E-state index contributed by atoms with van der Waals surface area (Å²) in [5, 5.41) is 9.05. The van der Waals surface area contributed by atoms with Gasteiger partial charge in [-0.15, -0.1) is 0 Å². The molecule has 0 aromatic heterocycles. The van der Waals surface area contributed by atoms with Crippen molar-refractivity contribution in [3.63, 3.8) is 0 Å². The molecule has 1 saturated heterocycles. The van der Waals surface area contributed by atoms with Crippen LogP contribution in [0.3, 0.4) is 0 Å². The summed E-state index contributed by atoms with van der Waals surface area (Å²) in [7, 11) is 0. The van der Waals surface area contributed by atoms with Crippen molar-refractivity contribution in [2.45, 2.75) is 6.10 Å². The Morgan fingerprint density at radius 2 is 2.17 bits per heavy atom.